The van der Waals surface area contributed by atoms with E-state index in [1.165, 1.54) is 12.3 Å². The zero-order valence-corrected chi connectivity index (χ0v) is 13.1. The van der Waals surface area contributed by atoms with E-state index >= 15 is 0 Å². The number of nitrogen functional groups attached to an aromatic ring is 1. The lowest BCUT2D eigenvalue weighted by Crippen LogP contribution is -2.26. The minimum atomic E-state index is -0.306. The van der Waals surface area contributed by atoms with Crippen LogP contribution in [0.2, 0.25) is 15.1 Å². The van der Waals surface area contributed by atoms with E-state index in [0.29, 0.717) is 28.6 Å². The maximum absolute atomic E-state index is 12.0. The Bertz CT molecular complexity index is 677. The Balaban J connectivity index is 1.97. The lowest BCUT2D eigenvalue weighted by molar-refractivity contribution is 0.0954. The van der Waals surface area contributed by atoms with Gasteiger partial charge >= 0.3 is 0 Å². The van der Waals surface area contributed by atoms with E-state index in [4.69, 9.17) is 40.5 Å². The first-order valence-electron chi connectivity index (χ1n) is 6.10. The second kappa shape index (κ2) is 6.98. The van der Waals surface area contributed by atoms with Gasteiger partial charge in [0.05, 0.1) is 10.6 Å². The number of anilines is 1. The van der Waals surface area contributed by atoms with E-state index in [2.05, 4.69) is 10.3 Å². The zero-order valence-electron chi connectivity index (χ0n) is 10.9. The number of hydrogen-bond donors (Lipinski definition) is 2. The normalized spacial score (nSPS) is 10.4. The van der Waals surface area contributed by atoms with Gasteiger partial charge in [0.25, 0.3) is 5.91 Å². The molecule has 0 aliphatic heterocycles. The number of nitrogens with one attached hydrogen (secondary N) is 1. The second-order valence-corrected chi connectivity index (χ2v) is 5.58. The van der Waals surface area contributed by atoms with Crippen LogP contribution in [0.15, 0.2) is 30.5 Å². The minimum absolute atomic E-state index is 0.241. The molecular formula is C14H12Cl3N3O. The fraction of sp³-hybridized carbons (Fsp3) is 0.143. The van der Waals surface area contributed by atoms with Crippen molar-refractivity contribution < 1.29 is 4.79 Å². The summed E-state index contributed by atoms with van der Waals surface area (Å²) < 4.78 is 0. The number of nitrogens with two attached hydrogens (primary N) is 1. The molecule has 0 saturated heterocycles. The molecule has 1 aromatic carbocycles. The SMILES string of the molecule is Nc1cc(C(=O)NCCc2ccc(Cl)cc2Cl)c(Cl)cn1. The van der Waals surface area contributed by atoms with Gasteiger partial charge in [-0.25, -0.2) is 4.98 Å². The van der Waals surface area contributed by atoms with E-state index in [1.807, 2.05) is 6.07 Å². The highest BCUT2D eigenvalue weighted by Crippen LogP contribution is 2.21. The number of amides is 1. The minimum Gasteiger partial charge on any atom is -0.384 e. The Morgan fingerprint density at radius 3 is 2.67 bits per heavy atom. The van der Waals surface area contributed by atoms with Crippen LogP contribution in [0.1, 0.15) is 15.9 Å². The number of rotatable bonds is 4. The van der Waals surface area contributed by atoms with E-state index in [-0.39, 0.29) is 16.7 Å². The summed E-state index contributed by atoms with van der Waals surface area (Å²) in [6.07, 6.45) is 1.93. The van der Waals surface area contributed by atoms with Crippen LogP contribution in [-0.4, -0.2) is 17.4 Å². The number of aromatic nitrogens is 1. The van der Waals surface area contributed by atoms with E-state index in [9.17, 15) is 4.79 Å². The Morgan fingerprint density at radius 1 is 1.19 bits per heavy atom. The molecule has 110 valence electrons. The van der Waals surface area contributed by atoms with E-state index < -0.39 is 0 Å². The monoisotopic (exact) mass is 343 g/mol. The predicted molar refractivity (Wildman–Crippen MR) is 86.2 cm³/mol. The Hall–Kier alpha value is -1.49. The van der Waals surface area contributed by atoms with Gasteiger partial charge in [-0.2, -0.15) is 0 Å². The quantitative estimate of drug-likeness (QED) is 0.890. The van der Waals surface area contributed by atoms with Crippen LogP contribution in [0.4, 0.5) is 5.82 Å². The molecule has 0 unspecified atom stereocenters. The van der Waals surface area contributed by atoms with Gasteiger partial charge in [-0.3, -0.25) is 4.79 Å². The molecule has 1 aromatic heterocycles. The summed E-state index contributed by atoms with van der Waals surface area (Å²) in [6.45, 7) is 0.415. The molecular weight excluding hydrogens is 333 g/mol. The first-order chi connectivity index (χ1) is 9.97. The van der Waals surface area contributed by atoms with Crippen LogP contribution in [0.25, 0.3) is 0 Å². The van der Waals surface area contributed by atoms with Crippen LogP contribution in [-0.2, 0) is 6.42 Å². The number of carbonyl (C=O) groups excluding carboxylic acids is 1. The highest BCUT2D eigenvalue weighted by Gasteiger charge is 2.11. The molecule has 0 aliphatic rings. The molecule has 2 rings (SSSR count). The summed E-state index contributed by atoms with van der Waals surface area (Å²) >= 11 is 17.8. The first kappa shape index (κ1) is 15.9. The highest BCUT2D eigenvalue weighted by molar-refractivity contribution is 6.35. The van der Waals surface area contributed by atoms with Gasteiger partial charge in [0.2, 0.25) is 0 Å². The lowest BCUT2D eigenvalue weighted by Gasteiger charge is -2.08. The van der Waals surface area contributed by atoms with Crippen molar-refractivity contribution in [3.63, 3.8) is 0 Å². The molecule has 7 heteroatoms. The van der Waals surface area contributed by atoms with Crippen molar-refractivity contribution >= 4 is 46.5 Å². The largest absolute Gasteiger partial charge is 0.384 e. The summed E-state index contributed by atoms with van der Waals surface area (Å²) in [5, 5.41) is 4.16. The number of halogens is 3. The number of carbonyl (C=O) groups is 1. The fourth-order valence-corrected chi connectivity index (χ4v) is 2.45. The third-order valence-corrected chi connectivity index (χ3v) is 3.70. The third-order valence-electron chi connectivity index (χ3n) is 2.82. The number of hydrogen-bond acceptors (Lipinski definition) is 3. The van der Waals surface area contributed by atoms with Gasteiger partial charge in [-0.05, 0) is 30.2 Å². The van der Waals surface area contributed by atoms with Gasteiger partial charge < -0.3 is 11.1 Å². The molecule has 21 heavy (non-hydrogen) atoms. The van der Waals surface area contributed by atoms with Crippen LogP contribution < -0.4 is 11.1 Å². The van der Waals surface area contributed by atoms with Crippen molar-refractivity contribution in [3.8, 4) is 0 Å². The number of pyridine rings is 1. The molecule has 0 saturated carbocycles. The van der Waals surface area contributed by atoms with Crippen molar-refractivity contribution in [1.82, 2.24) is 10.3 Å². The molecule has 0 atom stereocenters. The van der Waals surface area contributed by atoms with Gasteiger partial charge in [0.1, 0.15) is 5.82 Å². The molecule has 2 aromatic rings. The summed E-state index contributed by atoms with van der Waals surface area (Å²) in [6, 6.07) is 6.69. The maximum Gasteiger partial charge on any atom is 0.253 e. The zero-order chi connectivity index (χ0) is 15.4. The fourth-order valence-electron chi connectivity index (χ4n) is 1.76. The van der Waals surface area contributed by atoms with E-state index in [0.717, 1.165) is 5.56 Å². The summed E-state index contributed by atoms with van der Waals surface area (Å²) in [7, 11) is 0. The van der Waals surface area contributed by atoms with Gasteiger partial charge in [0.15, 0.2) is 0 Å². The van der Waals surface area contributed by atoms with Crippen molar-refractivity contribution in [2.75, 3.05) is 12.3 Å². The van der Waals surface area contributed by atoms with Crippen LogP contribution in [0.5, 0.6) is 0 Å². The van der Waals surface area contributed by atoms with Crippen molar-refractivity contribution in [1.29, 1.82) is 0 Å². The summed E-state index contributed by atoms with van der Waals surface area (Å²) in [5.41, 5.74) is 6.74. The maximum atomic E-state index is 12.0. The molecule has 0 radical (unpaired) electrons. The van der Waals surface area contributed by atoms with Crippen molar-refractivity contribution in [2.24, 2.45) is 0 Å². The second-order valence-electron chi connectivity index (χ2n) is 4.33. The smallest absolute Gasteiger partial charge is 0.253 e. The Labute approximate surface area is 137 Å². The summed E-state index contributed by atoms with van der Waals surface area (Å²) in [4.78, 5) is 15.8. The van der Waals surface area contributed by atoms with Gasteiger partial charge in [-0.1, -0.05) is 40.9 Å². The van der Waals surface area contributed by atoms with E-state index in [1.54, 1.807) is 12.1 Å². The molecule has 1 amide bonds. The predicted octanol–water partition coefficient (Wildman–Crippen LogP) is 3.60. The molecule has 0 bridgehead atoms. The molecule has 1 heterocycles. The molecule has 0 fully saturated rings. The molecule has 3 N–H and O–H groups in total. The number of nitrogens with zero attached hydrogens (tertiary/aromatic N) is 1. The summed E-state index contributed by atoms with van der Waals surface area (Å²) in [5.74, 6) is -0.0653. The van der Waals surface area contributed by atoms with Gasteiger partial charge in [0, 0.05) is 22.8 Å². The Morgan fingerprint density at radius 2 is 1.95 bits per heavy atom. The Kier molecular flexibility index (Phi) is 5.28. The highest BCUT2D eigenvalue weighted by atomic mass is 35.5. The van der Waals surface area contributed by atoms with Crippen molar-refractivity contribution in [2.45, 2.75) is 6.42 Å². The van der Waals surface area contributed by atoms with Crippen LogP contribution in [0.3, 0.4) is 0 Å². The topological polar surface area (TPSA) is 68.0 Å². The number of benzene rings is 1. The van der Waals surface area contributed by atoms with Gasteiger partial charge in [-0.15, -0.1) is 0 Å². The average Bonchev–Trinajstić information content (AvgIpc) is 2.43. The average molecular weight is 345 g/mol. The van der Waals surface area contributed by atoms with Crippen LogP contribution in [0, 0.1) is 0 Å². The molecule has 0 aliphatic carbocycles. The first-order valence-corrected chi connectivity index (χ1v) is 7.24. The van der Waals surface area contributed by atoms with Crippen molar-refractivity contribution in [3.05, 3.63) is 56.7 Å². The lowest BCUT2D eigenvalue weighted by atomic mass is 10.1. The standard InChI is InChI=1S/C14H12Cl3N3O/c15-9-2-1-8(11(16)5-9)3-4-19-14(21)10-6-13(18)20-7-12(10)17/h1-2,5-7H,3-4H2,(H2,18,20)(H,19,21). The van der Waals surface area contributed by atoms with Crippen LogP contribution >= 0.6 is 34.8 Å². The third kappa shape index (κ3) is 4.24. The molecule has 0 spiro atoms. The molecule has 4 nitrogen and oxygen atoms in total.